The van der Waals surface area contributed by atoms with Gasteiger partial charge in [-0.05, 0) is 12.0 Å². The molecule has 0 bridgehead atoms. The smallest absolute Gasteiger partial charge is 0.216 e. The Labute approximate surface area is 71.4 Å². The van der Waals surface area contributed by atoms with Crippen LogP contribution in [0.3, 0.4) is 0 Å². The van der Waals surface area contributed by atoms with Crippen molar-refractivity contribution in [2.24, 2.45) is 5.92 Å². The molecule has 0 unspecified atom stereocenters. The van der Waals surface area contributed by atoms with Gasteiger partial charge in [-0.25, -0.2) is 4.98 Å². The van der Waals surface area contributed by atoms with Crippen LogP contribution >= 0.6 is 0 Å². The molecule has 0 N–H and O–H groups in total. The van der Waals surface area contributed by atoms with E-state index in [9.17, 15) is 4.39 Å². The van der Waals surface area contributed by atoms with Gasteiger partial charge in [0.25, 0.3) is 0 Å². The van der Waals surface area contributed by atoms with Crippen molar-refractivity contribution >= 4 is 0 Å². The van der Waals surface area contributed by atoms with Gasteiger partial charge in [0.1, 0.15) is 5.75 Å². The van der Waals surface area contributed by atoms with Crippen molar-refractivity contribution in [2.45, 2.75) is 13.8 Å². The Bertz CT molecular complexity index is 250. The first-order valence-corrected chi connectivity index (χ1v) is 3.93. The predicted molar refractivity (Wildman–Crippen MR) is 44.5 cm³/mol. The number of nitrogens with zero attached hydrogens (tertiary/aromatic N) is 1. The van der Waals surface area contributed by atoms with Gasteiger partial charge in [-0.2, -0.15) is 4.39 Å². The lowest BCUT2D eigenvalue weighted by Gasteiger charge is -2.07. The molecule has 0 saturated carbocycles. The summed E-state index contributed by atoms with van der Waals surface area (Å²) in [4.78, 5) is 3.42. The molecular weight excluding hydrogens is 157 g/mol. The number of rotatable bonds is 3. The highest BCUT2D eigenvalue weighted by Crippen LogP contribution is 2.10. The lowest BCUT2D eigenvalue weighted by atomic mass is 10.2. The fourth-order valence-electron chi connectivity index (χ4n) is 0.737. The Morgan fingerprint density at radius 2 is 2.33 bits per heavy atom. The molecule has 0 fully saturated rings. The molecule has 0 aliphatic heterocycles. The number of halogens is 1. The van der Waals surface area contributed by atoms with Crippen LogP contribution in [0.15, 0.2) is 18.3 Å². The minimum atomic E-state index is -0.503. The van der Waals surface area contributed by atoms with Crippen molar-refractivity contribution in [3.8, 4) is 5.75 Å². The molecule has 0 saturated heterocycles. The zero-order chi connectivity index (χ0) is 8.97. The Hall–Kier alpha value is -1.12. The van der Waals surface area contributed by atoms with E-state index in [2.05, 4.69) is 4.98 Å². The van der Waals surface area contributed by atoms with Gasteiger partial charge in [-0.3, -0.25) is 0 Å². The second kappa shape index (κ2) is 4.04. The monoisotopic (exact) mass is 169 g/mol. The molecule has 1 heterocycles. The van der Waals surface area contributed by atoms with Crippen LogP contribution < -0.4 is 4.74 Å². The molecule has 2 nitrogen and oxygen atoms in total. The van der Waals surface area contributed by atoms with Crippen LogP contribution in [0.5, 0.6) is 5.75 Å². The second-order valence-corrected chi connectivity index (χ2v) is 3.02. The predicted octanol–water partition coefficient (Wildman–Crippen LogP) is 2.26. The lowest BCUT2D eigenvalue weighted by molar-refractivity contribution is 0.269. The third-order valence-corrected chi connectivity index (χ3v) is 1.28. The molecule has 0 aliphatic rings. The topological polar surface area (TPSA) is 22.1 Å². The fourth-order valence-corrected chi connectivity index (χ4v) is 0.737. The lowest BCUT2D eigenvalue weighted by Crippen LogP contribution is -2.04. The van der Waals surface area contributed by atoms with Crippen molar-refractivity contribution in [3.63, 3.8) is 0 Å². The molecule has 1 aromatic heterocycles. The third kappa shape index (κ3) is 2.86. The fraction of sp³-hybridized carbons (Fsp3) is 0.444. The molecular formula is C9H12FNO. The van der Waals surface area contributed by atoms with Crippen LogP contribution in [-0.2, 0) is 0 Å². The third-order valence-electron chi connectivity index (χ3n) is 1.28. The van der Waals surface area contributed by atoms with Gasteiger partial charge in [0, 0.05) is 12.3 Å². The summed E-state index contributed by atoms with van der Waals surface area (Å²) in [7, 11) is 0. The Morgan fingerprint density at radius 1 is 1.58 bits per heavy atom. The highest BCUT2D eigenvalue weighted by atomic mass is 19.1. The van der Waals surface area contributed by atoms with Crippen molar-refractivity contribution in [3.05, 3.63) is 24.3 Å². The molecule has 12 heavy (non-hydrogen) atoms. The van der Waals surface area contributed by atoms with E-state index < -0.39 is 5.95 Å². The van der Waals surface area contributed by atoms with E-state index in [-0.39, 0.29) is 0 Å². The summed E-state index contributed by atoms with van der Waals surface area (Å²) in [6, 6.07) is 2.92. The summed E-state index contributed by atoms with van der Waals surface area (Å²) in [5, 5.41) is 0. The molecule has 0 aromatic carbocycles. The molecule has 0 spiro atoms. The maximum absolute atomic E-state index is 12.5. The maximum atomic E-state index is 12.5. The van der Waals surface area contributed by atoms with Crippen molar-refractivity contribution in [1.29, 1.82) is 0 Å². The number of pyridine rings is 1. The molecule has 0 amide bonds. The first kappa shape index (κ1) is 8.97. The molecule has 0 atom stereocenters. The van der Waals surface area contributed by atoms with Crippen molar-refractivity contribution < 1.29 is 9.13 Å². The van der Waals surface area contributed by atoms with Gasteiger partial charge in [0.05, 0.1) is 6.61 Å². The molecule has 1 aromatic rings. The molecule has 3 heteroatoms. The number of aromatic nitrogens is 1. The van der Waals surface area contributed by atoms with Gasteiger partial charge in [0.2, 0.25) is 5.95 Å². The van der Waals surface area contributed by atoms with Crippen LogP contribution in [0.25, 0.3) is 0 Å². The summed E-state index contributed by atoms with van der Waals surface area (Å²) in [6.07, 6.45) is 1.39. The highest BCUT2D eigenvalue weighted by Gasteiger charge is 1.98. The van der Waals surface area contributed by atoms with E-state index in [1.54, 1.807) is 6.07 Å². The number of ether oxygens (including phenoxy) is 1. The molecule has 66 valence electrons. The first-order valence-electron chi connectivity index (χ1n) is 3.93. The number of hydrogen-bond acceptors (Lipinski definition) is 2. The summed E-state index contributed by atoms with van der Waals surface area (Å²) >= 11 is 0. The van der Waals surface area contributed by atoms with Gasteiger partial charge in [-0.1, -0.05) is 13.8 Å². The van der Waals surface area contributed by atoms with Gasteiger partial charge >= 0.3 is 0 Å². The van der Waals surface area contributed by atoms with Crippen LogP contribution in [0, 0.1) is 11.9 Å². The molecule has 0 aliphatic carbocycles. The van der Waals surface area contributed by atoms with Crippen molar-refractivity contribution in [2.75, 3.05) is 6.61 Å². The Kier molecular flexibility index (Phi) is 3.02. The summed E-state index contributed by atoms with van der Waals surface area (Å²) in [5.41, 5.74) is 0. The Morgan fingerprint density at radius 3 is 2.92 bits per heavy atom. The molecule has 1 rings (SSSR count). The number of hydrogen-bond donors (Lipinski definition) is 0. The van der Waals surface area contributed by atoms with E-state index in [1.807, 2.05) is 13.8 Å². The average molecular weight is 169 g/mol. The van der Waals surface area contributed by atoms with E-state index in [0.29, 0.717) is 18.3 Å². The standard InChI is InChI=1S/C9H12FNO/c1-7(2)6-12-8-3-4-11-9(10)5-8/h3-5,7H,6H2,1-2H3. The first-order chi connectivity index (χ1) is 5.68. The van der Waals surface area contributed by atoms with Crippen LogP contribution in [0.1, 0.15) is 13.8 Å². The highest BCUT2D eigenvalue weighted by molar-refractivity contribution is 5.17. The van der Waals surface area contributed by atoms with Gasteiger partial charge in [0.15, 0.2) is 0 Å². The normalized spacial score (nSPS) is 10.3. The van der Waals surface area contributed by atoms with Crippen molar-refractivity contribution in [1.82, 2.24) is 4.98 Å². The maximum Gasteiger partial charge on any atom is 0.216 e. The largest absolute Gasteiger partial charge is 0.493 e. The zero-order valence-electron chi connectivity index (χ0n) is 7.25. The minimum absolute atomic E-state index is 0.446. The summed E-state index contributed by atoms with van der Waals surface area (Å²) in [6.45, 7) is 4.68. The zero-order valence-corrected chi connectivity index (χ0v) is 7.25. The minimum Gasteiger partial charge on any atom is -0.493 e. The second-order valence-electron chi connectivity index (χ2n) is 3.02. The summed E-state index contributed by atoms with van der Waals surface area (Å²) < 4.78 is 17.8. The van der Waals surface area contributed by atoms with Gasteiger partial charge < -0.3 is 4.74 Å². The quantitative estimate of drug-likeness (QED) is 0.647. The Balaban J connectivity index is 2.52. The van der Waals surface area contributed by atoms with E-state index in [4.69, 9.17) is 4.74 Å². The molecule has 0 radical (unpaired) electrons. The summed E-state index contributed by atoms with van der Waals surface area (Å²) in [5.74, 6) is 0.480. The van der Waals surface area contributed by atoms with Gasteiger partial charge in [-0.15, -0.1) is 0 Å². The SMILES string of the molecule is CC(C)COc1ccnc(F)c1. The van der Waals surface area contributed by atoms with E-state index >= 15 is 0 Å². The van der Waals surface area contributed by atoms with Crippen LogP contribution in [0.4, 0.5) is 4.39 Å². The van der Waals surface area contributed by atoms with Crippen LogP contribution in [-0.4, -0.2) is 11.6 Å². The van der Waals surface area contributed by atoms with Crippen LogP contribution in [0.2, 0.25) is 0 Å². The van der Waals surface area contributed by atoms with E-state index in [0.717, 1.165) is 0 Å². The van der Waals surface area contributed by atoms with E-state index in [1.165, 1.54) is 12.3 Å². The average Bonchev–Trinajstić information content (AvgIpc) is 2.01.